The lowest BCUT2D eigenvalue weighted by molar-refractivity contribution is -0.274. The number of aromatic nitrogens is 2. The van der Waals surface area contributed by atoms with Crippen molar-refractivity contribution in [3.63, 3.8) is 0 Å². The van der Waals surface area contributed by atoms with Gasteiger partial charge in [0.25, 0.3) is 5.56 Å². The van der Waals surface area contributed by atoms with Crippen LogP contribution < -0.4 is 15.6 Å². The lowest BCUT2D eigenvalue weighted by atomic mass is 10.1. The van der Waals surface area contributed by atoms with Crippen molar-refractivity contribution in [3.05, 3.63) is 82.4 Å². The molecule has 156 valence electrons. The van der Waals surface area contributed by atoms with Crippen molar-refractivity contribution >= 4 is 5.91 Å². The predicted molar refractivity (Wildman–Crippen MR) is 98.9 cm³/mol. The molecule has 3 aromatic rings. The van der Waals surface area contributed by atoms with E-state index >= 15 is 0 Å². The van der Waals surface area contributed by atoms with Crippen molar-refractivity contribution in [1.29, 1.82) is 0 Å². The fraction of sp³-hybridized carbons (Fsp3) is 0.150. The Morgan fingerprint density at radius 2 is 1.73 bits per heavy atom. The number of benzene rings is 2. The van der Waals surface area contributed by atoms with Crippen LogP contribution in [0, 0.1) is 5.82 Å². The minimum atomic E-state index is -4.86. The van der Waals surface area contributed by atoms with Crippen LogP contribution in [0.1, 0.15) is 5.56 Å². The summed E-state index contributed by atoms with van der Waals surface area (Å²) in [5.41, 5.74) is 0.468. The number of para-hydroxylation sites is 1. The van der Waals surface area contributed by atoms with Gasteiger partial charge in [-0.2, -0.15) is 5.10 Å². The summed E-state index contributed by atoms with van der Waals surface area (Å²) in [5.74, 6) is -1.50. The van der Waals surface area contributed by atoms with Crippen molar-refractivity contribution in [2.45, 2.75) is 19.5 Å². The molecule has 30 heavy (non-hydrogen) atoms. The highest BCUT2D eigenvalue weighted by atomic mass is 19.4. The van der Waals surface area contributed by atoms with Gasteiger partial charge in [0, 0.05) is 23.7 Å². The standard InChI is InChI=1S/C20H15F4N3O3/c21-15-7-5-13(6-8-15)16-9-10-19(29)27(26-16)12-18(28)25-11-14-3-1-2-4-17(14)30-20(22,23)24/h1-10H,11-12H2,(H,25,28). The molecule has 0 aliphatic heterocycles. The normalized spacial score (nSPS) is 11.2. The molecule has 2 aromatic carbocycles. The molecular weight excluding hydrogens is 406 g/mol. The molecule has 1 heterocycles. The second-order valence-electron chi connectivity index (χ2n) is 6.15. The maximum atomic E-state index is 13.1. The van der Waals surface area contributed by atoms with E-state index in [0.717, 1.165) is 10.7 Å². The van der Waals surface area contributed by atoms with E-state index in [0.29, 0.717) is 11.3 Å². The Labute approximate surface area is 167 Å². The lowest BCUT2D eigenvalue weighted by Crippen LogP contribution is -2.33. The number of carbonyl (C=O) groups excluding carboxylic acids is 1. The van der Waals surface area contributed by atoms with Crippen LogP contribution in [0.3, 0.4) is 0 Å². The Morgan fingerprint density at radius 3 is 2.43 bits per heavy atom. The van der Waals surface area contributed by atoms with Crippen LogP contribution in [0.25, 0.3) is 11.3 Å². The monoisotopic (exact) mass is 421 g/mol. The minimum Gasteiger partial charge on any atom is -0.405 e. The van der Waals surface area contributed by atoms with Crippen LogP contribution in [0.4, 0.5) is 17.6 Å². The van der Waals surface area contributed by atoms with E-state index in [1.54, 1.807) is 0 Å². The molecule has 0 atom stereocenters. The highest BCUT2D eigenvalue weighted by Gasteiger charge is 2.32. The van der Waals surface area contributed by atoms with Crippen molar-refractivity contribution in [3.8, 4) is 17.0 Å². The summed E-state index contributed by atoms with van der Waals surface area (Å²) in [6.07, 6.45) is -4.86. The third-order valence-corrected chi connectivity index (χ3v) is 3.97. The molecule has 1 N–H and O–H groups in total. The number of alkyl halides is 3. The highest BCUT2D eigenvalue weighted by molar-refractivity contribution is 5.75. The second-order valence-corrected chi connectivity index (χ2v) is 6.15. The molecule has 0 saturated carbocycles. The summed E-state index contributed by atoms with van der Waals surface area (Å²) in [5, 5.41) is 6.51. The molecule has 0 bridgehead atoms. The number of rotatable bonds is 6. The maximum absolute atomic E-state index is 13.1. The maximum Gasteiger partial charge on any atom is 0.573 e. The third kappa shape index (κ3) is 5.66. The Hall–Kier alpha value is -3.69. The number of ether oxygens (including phenoxy) is 1. The van der Waals surface area contributed by atoms with Crippen molar-refractivity contribution in [2.75, 3.05) is 0 Å². The second kappa shape index (κ2) is 8.76. The first-order valence-corrected chi connectivity index (χ1v) is 8.66. The van der Waals surface area contributed by atoms with Crippen LogP contribution in [0.5, 0.6) is 5.75 Å². The van der Waals surface area contributed by atoms with Gasteiger partial charge in [-0.1, -0.05) is 18.2 Å². The van der Waals surface area contributed by atoms with Crippen molar-refractivity contribution in [2.24, 2.45) is 0 Å². The predicted octanol–water partition coefficient (Wildman–Crippen LogP) is 3.26. The summed E-state index contributed by atoms with van der Waals surface area (Å²) in [7, 11) is 0. The third-order valence-electron chi connectivity index (χ3n) is 3.97. The van der Waals surface area contributed by atoms with E-state index in [1.807, 2.05) is 0 Å². The topological polar surface area (TPSA) is 73.2 Å². The molecule has 6 nitrogen and oxygen atoms in total. The number of amides is 1. The Kier molecular flexibility index (Phi) is 6.14. The largest absolute Gasteiger partial charge is 0.573 e. The van der Waals surface area contributed by atoms with E-state index in [2.05, 4.69) is 15.2 Å². The number of halogens is 4. The fourth-order valence-corrected chi connectivity index (χ4v) is 2.60. The van der Waals surface area contributed by atoms with Crippen LogP contribution >= 0.6 is 0 Å². The fourth-order valence-electron chi connectivity index (χ4n) is 2.60. The molecule has 3 rings (SSSR count). The number of hydrogen-bond acceptors (Lipinski definition) is 4. The van der Waals surface area contributed by atoms with Gasteiger partial charge < -0.3 is 10.1 Å². The Bertz CT molecular complexity index is 1100. The number of nitrogens with zero attached hydrogens (tertiary/aromatic N) is 2. The molecule has 0 aliphatic carbocycles. The molecule has 10 heteroatoms. The minimum absolute atomic E-state index is 0.114. The van der Waals surface area contributed by atoms with Crippen LogP contribution in [-0.2, 0) is 17.9 Å². The summed E-state index contributed by atoms with van der Waals surface area (Å²) < 4.78 is 55.3. The zero-order valence-corrected chi connectivity index (χ0v) is 15.3. The summed E-state index contributed by atoms with van der Waals surface area (Å²) in [6.45, 7) is -0.687. The first-order chi connectivity index (χ1) is 14.2. The summed E-state index contributed by atoms with van der Waals surface area (Å²) in [4.78, 5) is 24.2. The number of carbonyl (C=O) groups is 1. The van der Waals surface area contributed by atoms with Gasteiger partial charge >= 0.3 is 6.36 Å². The van der Waals surface area contributed by atoms with Gasteiger partial charge in [-0.15, -0.1) is 13.2 Å². The van der Waals surface area contributed by atoms with E-state index in [-0.39, 0.29) is 12.1 Å². The lowest BCUT2D eigenvalue weighted by Gasteiger charge is -2.14. The van der Waals surface area contributed by atoms with E-state index in [4.69, 9.17) is 0 Å². The van der Waals surface area contributed by atoms with Crippen LogP contribution in [-0.4, -0.2) is 22.1 Å². The van der Waals surface area contributed by atoms with Gasteiger partial charge in [-0.25, -0.2) is 9.07 Å². The molecule has 1 aromatic heterocycles. The molecule has 0 fully saturated rings. The SMILES string of the molecule is O=C(Cn1nc(-c2ccc(F)cc2)ccc1=O)NCc1ccccc1OC(F)(F)F. The van der Waals surface area contributed by atoms with Gasteiger partial charge in [0.1, 0.15) is 18.1 Å². The molecule has 1 amide bonds. The number of nitrogens with one attached hydrogen (secondary N) is 1. The van der Waals surface area contributed by atoms with E-state index in [1.165, 1.54) is 54.6 Å². The zero-order valence-electron chi connectivity index (χ0n) is 15.3. The van der Waals surface area contributed by atoms with Gasteiger partial charge in [-0.3, -0.25) is 9.59 Å². The van der Waals surface area contributed by atoms with Gasteiger partial charge in [0.15, 0.2) is 0 Å². The van der Waals surface area contributed by atoms with Crippen LogP contribution in [0.2, 0.25) is 0 Å². The highest BCUT2D eigenvalue weighted by Crippen LogP contribution is 2.26. The van der Waals surface area contributed by atoms with Crippen LogP contribution in [0.15, 0.2) is 65.5 Å². The van der Waals surface area contributed by atoms with Gasteiger partial charge in [0.05, 0.1) is 5.69 Å². The summed E-state index contributed by atoms with van der Waals surface area (Å²) >= 11 is 0. The first-order valence-electron chi connectivity index (χ1n) is 8.66. The average molecular weight is 421 g/mol. The molecule has 0 aliphatic rings. The zero-order chi connectivity index (χ0) is 21.7. The molecule has 0 saturated heterocycles. The van der Waals surface area contributed by atoms with E-state index in [9.17, 15) is 27.2 Å². The molecular formula is C20H15F4N3O3. The van der Waals surface area contributed by atoms with Crippen molar-refractivity contribution < 1.29 is 27.1 Å². The Morgan fingerprint density at radius 1 is 1.03 bits per heavy atom. The molecule has 0 radical (unpaired) electrons. The van der Waals surface area contributed by atoms with E-state index < -0.39 is 35.9 Å². The van der Waals surface area contributed by atoms with Gasteiger partial charge in [-0.05, 0) is 36.4 Å². The molecule has 0 spiro atoms. The van der Waals surface area contributed by atoms with Crippen molar-refractivity contribution in [1.82, 2.24) is 15.1 Å². The molecule has 0 unspecified atom stereocenters. The smallest absolute Gasteiger partial charge is 0.405 e. The Balaban J connectivity index is 1.69. The number of hydrogen-bond donors (Lipinski definition) is 1. The first kappa shape index (κ1) is 21.0. The average Bonchev–Trinajstić information content (AvgIpc) is 2.68. The quantitative estimate of drug-likeness (QED) is 0.620. The van der Waals surface area contributed by atoms with Gasteiger partial charge in [0.2, 0.25) is 5.91 Å². The summed E-state index contributed by atoms with van der Waals surface area (Å²) in [6, 6.07) is 13.5.